The van der Waals surface area contributed by atoms with Crippen LogP contribution in [0.25, 0.3) is 0 Å². The Hall–Kier alpha value is 0.134. The molecule has 0 aromatic rings. The standard InChI is InChI=1S/C11H27NSi2/c1-10(2)9-12(14(6,7)8)11(3,4)13-5/h1,9,13H2,2-8H3. The molecule has 0 atom stereocenters. The van der Waals surface area contributed by atoms with Crippen molar-refractivity contribution >= 4 is 17.8 Å². The zero-order valence-electron chi connectivity index (χ0n) is 11.1. The fourth-order valence-electron chi connectivity index (χ4n) is 1.82. The third kappa shape index (κ3) is 4.11. The van der Waals surface area contributed by atoms with Crippen molar-refractivity contribution in [2.24, 2.45) is 0 Å². The molecule has 0 aliphatic rings. The average molecular weight is 230 g/mol. The van der Waals surface area contributed by atoms with Gasteiger partial charge in [0.25, 0.3) is 0 Å². The summed E-state index contributed by atoms with van der Waals surface area (Å²) in [7, 11) is -1.21. The Morgan fingerprint density at radius 1 is 1.36 bits per heavy atom. The van der Waals surface area contributed by atoms with E-state index in [0.29, 0.717) is 5.16 Å². The first kappa shape index (κ1) is 14.1. The minimum atomic E-state index is -1.20. The second kappa shape index (κ2) is 4.77. The molecule has 0 rings (SSSR count). The zero-order chi connectivity index (χ0) is 11.6. The van der Waals surface area contributed by atoms with Crippen LogP contribution in [0, 0.1) is 0 Å². The van der Waals surface area contributed by atoms with E-state index in [9.17, 15) is 0 Å². The van der Waals surface area contributed by atoms with Gasteiger partial charge >= 0.3 is 0 Å². The fraction of sp³-hybridized carbons (Fsp3) is 0.818. The molecule has 84 valence electrons. The maximum absolute atomic E-state index is 4.05. The smallest absolute Gasteiger partial charge is 0.119 e. The first-order valence-electron chi connectivity index (χ1n) is 5.53. The maximum Gasteiger partial charge on any atom is 0.119 e. The summed E-state index contributed by atoms with van der Waals surface area (Å²) in [5.74, 6) is 0. The van der Waals surface area contributed by atoms with Crippen LogP contribution in [0.1, 0.15) is 20.8 Å². The lowest BCUT2D eigenvalue weighted by Crippen LogP contribution is -2.59. The third-order valence-corrected chi connectivity index (χ3v) is 7.65. The van der Waals surface area contributed by atoms with Gasteiger partial charge in [0.2, 0.25) is 0 Å². The van der Waals surface area contributed by atoms with Crippen LogP contribution in [-0.4, -0.2) is 34.0 Å². The van der Waals surface area contributed by atoms with E-state index >= 15 is 0 Å². The molecular formula is C11H27NSi2. The Kier molecular flexibility index (Phi) is 4.82. The highest BCUT2D eigenvalue weighted by Crippen LogP contribution is 2.22. The van der Waals surface area contributed by atoms with Gasteiger partial charge in [-0.05, 0) is 12.1 Å². The second-order valence-corrected chi connectivity index (χ2v) is 13.2. The molecular weight excluding hydrogens is 202 g/mol. The monoisotopic (exact) mass is 229 g/mol. The molecule has 0 unspecified atom stereocenters. The van der Waals surface area contributed by atoms with Crippen molar-refractivity contribution in [3.8, 4) is 0 Å². The van der Waals surface area contributed by atoms with Gasteiger partial charge in [-0.15, -0.1) is 0 Å². The van der Waals surface area contributed by atoms with Crippen molar-refractivity contribution in [1.82, 2.24) is 4.57 Å². The van der Waals surface area contributed by atoms with Crippen LogP contribution in [0.15, 0.2) is 12.2 Å². The van der Waals surface area contributed by atoms with Crippen LogP contribution < -0.4 is 0 Å². The van der Waals surface area contributed by atoms with Crippen molar-refractivity contribution in [3.63, 3.8) is 0 Å². The molecule has 0 radical (unpaired) electrons. The van der Waals surface area contributed by atoms with Crippen molar-refractivity contribution in [3.05, 3.63) is 12.2 Å². The minimum absolute atomic E-state index is 0.00876. The molecule has 0 aliphatic heterocycles. The summed E-state index contributed by atoms with van der Waals surface area (Å²) in [4.78, 5) is 0. The average Bonchev–Trinajstić information content (AvgIpc) is 1.98. The Morgan fingerprint density at radius 3 is 2.00 bits per heavy atom. The molecule has 0 heterocycles. The van der Waals surface area contributed by atoms with Gasteiger partial charge in [-0.1, -0.05) is 52.2 Å². The van der Waals surface area contributed by atoms with E-state index < -0.39 is 8.24 Å². The van der Waals surface area contributed by atoms with Gasteiger partial charge in [0.1, 0.15) is 8.24 Å². The summed E-state index contributed by atoms with van der Waals surface area (Å²) in [6.45, 7) is 21.8. The summed E-state index contributed by atoms with van der Waals surface area (Å²) >= 11 is 0. The molecule has 0 bridgehead atoms. The number of hydrogen-bond acceptors (Lipinski definition) is 1. The van der Waals surface area contributed by atoms with E-state index in [-0.39, 0.29) is 9.52 Å². The molecule has 0 saturated heterocycles. The molecule has 3 heteroatoms. The summed E-state index contributed by atoms with van der Waals surface area (Å²) in [5.41, 5.74) is 1.29. The summed E-state index contributed by atoms with van der Waals surface area (Å²) in [6.07, 6.45) is 0. The molecule has 14 heavy (non-hydrogen) atoms. The van der Waals surface area contributed by atoms with Crippen LogP contribution in [0.4, 0.5) is 0 Å². The van der Waals surface area contributed by atoms with Crippen LogP contribution in [0.2, 0.25) is 26.2 Å². The normalized spacial score (nSPS) is 14.3. The zero-order valence-corrected chi connectivity index (χ0v) is 13.5. The Morgan fingerprint density at radius 2 is 1.79 bits per heavy atom. The maximum atomic E-state index is 4.05. The summed E-state index contributed by atoms with van der Waals surface area (Å²) in [6, 6.07) is 0. The first-order valence-corrected chi connectivity index (χ1v) is 11.1. The lowest BCUT2D eigenvalue weighted by Gasteiger charge is -2.46. The lowest BCUT2D eigenvalue weighted by atomic mass is 10.3. The van der Waals surface area contributed by atoms with Crippen LogP contribution in [0.3, 0.4) is 0 Å². The van der Waals surface area contributed by atoms with Gasteiger partial charge in [-0.3, -0.25) is 0 Å². The largest absolute Gasteiger partial charge is 0.319 e. The van der Waals surface area contributed by atoms with Gasteiger partial charge in [0, 0.05) is 16.1 Å². The summed E-state index contributed by atoms with van der Waals surface area (Å²) < 4.78 is 2.73. The van der Waals surface area contributed by atoms with Gasteiger partial charge in [-0.25, -0.2) is 0 Å². The highest BCUT2D eigenvalue weighted by molar-refractivity contribution is 6.74. The number of nitrogens with zero attached hydrogens (tertiary/aromatic N) is 1. The molecule has 0 N–H and O–H groups in total. The topological polar surface area (TPSA) is 3.24 Å². The minimum Gasteiger partial charge on any atom is -0.319 e. The molecule has 0 aliphatic carbocycles. The van der Waals surface area contributed by atoms with Crippen molar-refractivity contribution in [2.75, 3.05) is 6.54 Å². The van der Waals surface area contributed by atoms with E-state index in [2.05, 4.69) is 58.1 Å². The van der Waals surface area contributed by atoms with Gasteiger partial charge in [0.05, 0.1) is 0 Å². The lowest BCUT2D eigenvalue weighted by molar-refractivity contribution is 0.329. The van der Waals surface area contributed by atoms with Crippen LogP contribution >= 0.6 is 0 Å². The van der Waals surface area contributed by atoms with Crippen molar-refractivity contribution in [2.45, 2.75) is 52.1 Å². The van der Waals surface area contributed by atoms with Crippen molar-refractivity contribution < 1.29 is 0 Å². The summed E-state index contributed by atoms with van der Waals surface area (Å²) in [5, 5.41) is 0.448. The molecule has 1 nitrogen and oxygen atoms in total. The van der Waals surface area contributed by atoms with E-state index in [1.165, 1.54) is 5.57 Å². The highest BCUT2D eigenvalue weighted by Gasteiger charge is 2.34. The van der Waals surface area contributed by atoms with E-state index in [1.54, 1.807) is 0 Å². The molecule has 0 spiro atoms. The van der Waals surface area contributed by atoms with Gasteiger partial charge < -0.3 is 4.57 Å². The van der Waals surface area contributed by atoms with Gasteiger partial charge in [-0.2, -0.15) is 0 Å². The predicted octanol–water partition coefficient (Wildman–Crippen LogP) is 2.65. The Labute approximate surface area is 93.5 Å². The van der Waals surface area contributed by atoms with Crippen LogP contribution in [0.5, 0.6) is 0 Å². The highest BCUT2D eigenvalue weighted by atomic mass is 28.3. The number of rotatable bonds is 5. The fourth-order valence-corrected chi connectivity index (χ4v) is 6.77. The van der Waals surface area contributed by atoms with E-state index in [4.69, 9.17) is 0 Å². The molecule has 0 aromatic heterocycles. The van der Waals surface area contributed by atoms with E-state index in [1.807, 2.05) is 0 Å². The van der Waals surface area contributed by atoms with Crippen molar-refractivity contribution in [1.29, 1.82) is 0 Å². The quantitative estimate of drug-likeness (QED) is 0.517. The second-order valence-electron chi connectivity index (χ2n) is 5.88. The molecule has 0 aromatic carbocycles. The van der Waals surface area contributed by atoms with Crippen LogP contribution in [-0.2, 0) is 0 Å². The molecule has 0 saturated carbocycles. The third-order valence-electron chi connectivity index (χ3n) is 2.83. The molecule has 0 fully saturated rings. The number of hydrogen-bond donors (Lipinski definition) is 0. The van der Waals surface area contributed by atoms with E-state index in [0.717, 1.165) is 6.54 Å². The SMILES string of the molecule is C=C(C)CN(C(C)(C)[SiH2]C)[Si](C)(C)C. The van der Waals surface area contributed by atoms with Gasteiger partial charge in [0.15, 0.2) is 0 Å². The first-order chi connectivity index (χ1) is 6.11. The Balaban J connectivity index is 4.82. The predicted molar refractivity (Wildman–Crippen MR) is 73.4 cm³/mol. The molecule has 0 amide bonds. The Bertz CT molecular complexity index is 204.